The predicted octanol–water partition coefficient (Wildman–Crippen LogP) is 2.75. The smallest absolute Gasteiger partial charge is 0.336 e. The molecule has 0 spiro atoms. The number of carbonyl (C=O) groups is 1. The number of hydrogen-bond acceptors (Lipinski definition) is 5. The van der Waals surface area contributed by atoms with Crippen LogP contribution in [0.4, 0.5) is 0 Å². The number of hydrogen-bond donors (Lipinski definition) is 0. The lowest BCUT2D eigenvalue weighted by Gasteiger charge is -2.16. The first-order valence-electron chi connectivity index (χ1n) is 8.00. The molecule has 7 heteroatoms. The Kier molecular flexibility index (Phi) is 3.52. The fourth-order valence-corrected chi connectivity index (χ4v) is 4.74. The third-order valence-electron chi connectivity index (χ3n) is 4.74. The predicted molar refractivity (Wildman–Crippen MR) is 95.5 cm³/mol. The first-order chi connectivity index (χ1) is 12.3. The van der Waals surface area contributed by atoms with Gasteiger partial charge in [0.05, 0.1) is 12.1 Å². The molecule has 0 aliphatic carbocycles. The van der Waals surface area contributed by atoms with E-state index in [0.29, 0.717) is 16.5 Å². The van der Waals surface area contributed by atoms with Crippen molar-refractivity contribution < 1.29 is 17.6 Å². The standard InChI is InChI=1S/C19H15NO5S/c1-11-7-8-14-13(9-17(21)25-18(14)12(11)2)10-20-19(22)15-5-3-4-6-16(15)26(20,23)24/h3-9H,10H2,1-2H3. The summed E-state index contributed by atoms with van der Waals surface area (Å²) in [4.78, 5) is 24.6. The zero-order valence-electron chi connectivity index (χ0n) is 14.1. The van der Waals surface area contributed by atoms with Crippen molar-refractivity contribution in [2.75, 3.05) is 0 Å². The molecular formula is C19H15NO5S. The molecule has 0 N–H and O–H groups in total. The van der Waals surface area contributed by atoms with Crippen LogP contribution in [0.2, 0.25) is 0 Å². The van der Waals surface area contributed by atoms with Crippen molar-refractivity contribution in [1.29, 1.82) is 0 Å². The van der Waals surface area contributed by atoms with Gasteiger partial charge in [0.15, 0.2) is 0 Å². The Morgan fingerprint density at radius 1 is 1.04 bits per heavy atom. The third kappa shape index (κ3) is 2.28. The molecular weight excluding hydrogens is 354 g/mol. The lowest BCUT2D eigenvalue weighted by molar-refractivity contribution is 0.0865. The second kappa shape index (κ2) is 5.54. The topological polar surface area (TPSA) is 84.7 Å². The number of sulfonamides is 1. The quantitative estimate of drug-likeness (QED) is 0.649. The normalized spacial score (nSPS) is 15.5. The summed E-state index contributed by atoms with van der Waals surface area (Å²) in [6, 6.07) is 11.0. The Bertz CT molecular complexity index is 1240. The van der Waals surface area contributed by atoms with Crippen LogP contribution in [0.15, 0.2) is 56.6 Å². The molecule has 0 unspecified atom stereocenters. The summed E-state index contributed by atoms with van der Waals surface area (Å²) in [6.07, 6.45) is 0. The minimum Gasteiger partial charge on any atom is -0.422 e. The van der Waals surface area contributed by atoms with Crippen LogP contribution in [0.25, 0.3) is 11.0 Å². The number of fused-ring (bicyclic) bond motifs is 2. The fourth-order valence-electron chi connectivity index (χ4n) is 3.20. The van der Waals surface area contributed by atoms with Gasteiger partial charge in [-0.25, -0.2) is 17.5 Å². The Hall–Kier alpha value is -2.93. The van der Waals surface area contributed by atoms with Crippen LogP contribution in [0.3, 0.4) is 0 Å². The van der Waals surface area contributed by atoms with Crippen LogP contribution in [-0.2, 0) is 16.6 Å². The van der Waals surface area contributed by atoms with Gasteiger partial charge in [-0.05, 0) is 42.7 Å². The van der Waals surface area contributed by atoms with E-state index in [1.807, 2.05) is 19.9 Å². The van der Waals surface area contributed by atoms with Crippen LogP contribution < -0.4 is 5.63 Å². The van der Waals surface area contributed by atoms with E-state index in [1.165, 1.54) is 18.2 Å². The van der Waals surface area contributed by atoms with E-state index in [9.17, 15) is 18.0 Å². The van der Waals surface area contributed by atoms with Crippen molar-refractivity contribution in [3.63, 3.8) is 0 Å². The summed E-state index contributed by atoms with van der Waals surface area (Å²) in [5, 5.41) is 0.617. The zero-order valence-corrected chi connectivity index (χ0v) is 15.0. The van der Waals surface area contributed by atoms with E-state index in [0.717, 1.165) is 15.4 Å². The average Bonchev–Trinajstić information content (AvgIpc) is 2.80. The summed E-state index contributed by atoms with van der Waals surface area (Å²) < 4.78 is 31.6. The molecule has 1 aliphatic rings. The van der Waals surface area contributed by atoms with Gasteiger partial charge in [0.1, 0.15) is 10.5 Å². The molecule has 0 bridgehead atoms. The van der Waals surface area contributed by atoms with Crippen molar-refractivity contribution in [3.05, 3.63) is 75.1 Å². The molecule has 0 saturated heterocycles. The molecule has 0 radical (unpaired) electrons. The molecule has 132 valence electrons. The maximum Gasteiger partial charge on any atom is 0.336 e. The Labute approximate surface area is 149 Å². The van der Waals surface area contributed by atoms with Crippen LogP contribution in [0.1, 0.15) is 27.0 Å². The molecule has 2 heterocycles. The van der Waals surface area contributed by atoms with Gasteiger partial charge in [-0.2, -0.15) is 0 Å². The first kappa shape index (κ1) is 16.5. The van der Waals surface area contributed by atoms with Crippen molar-refractivity contribution >= 4 is 26.9 Å². The van der Waals surface area contributed by atoms with Crippen LogP contribution in [0.5, 0.6) is 0 Å². The van der Waals surface area contributed by atoms with E-state index in [2.05, 4.69) is 0 Å². The summed E-state index contributed by atoms with van der Waals surface area (Å²) in [5.74, 6) is -0.592. The van der Waals surface area contributed by atoms with Crippen LogP contribution in [0, 0.1) is 13.8 Å². The van der Waals surface area contributed by atoms with Crippen molar-refractivity contribution in [1.82, 2.24) is 4.31 Å². The van der Waals surface area contributed by atoms with E-state index < -0.39 is 21.6 Å². The van der Waals surface area contributed by atoms with Gasteiger partial charge in [-0.1, -0.05) is 24.3 Å². The molecule has 6 nitrogen and oxygen atoms in total. The lowest BCUT2D eigenvalue weighted by atomic mass is 10.0. The highest BCUT2D eigenvalue weighted by Gasteiger charge is 2.41. The largest absolute Gasteiger partial charge is 0.422 e. The molecule has 1 aromatic heterocycles. The molecule has 0 saturated carbocycles. The highest BCUT2D eigenvalue weighted by molar-refractivity contribution is 7.90. The highest BCUT2D eigenvalue weighted by atomic mass is 32.2. The monoisotopic (exact) mass is 369 g/mol. The van der Waals surface area contributed by atoms with Crippen molar-refractivity contribution in [3.8, 4) is 0 Å². The summed E-state index contributed by atoms with van der Waals surface area (Å²) in [5.41, 5.74) is 2.17. The summed E-state index contributed by atoms with van der Waals surface area (Å²) in [7, 11) is -3.94. The second-order valence-corrected chi connectivity index (χ2v) is 8.12. The molecule has 3 aromatic rings. The van der Waals surface area contributed by atoms with Crippen LogP contribution in [-0.4, -0.2) is 18.6 Å². The third-order valence-corrected chi connectivity index (χ3v) is 6.53. The van der Waals surface area contributed by atoms with Gasteiger partial charge in [-0.15, -0.1) is 0 Å². The van der Waals surface area contributed by atoms with Crippen molar-refractivity contribution in [2.45, 2.75) is 25.3 Å². The molecule has 0 fully saturated rings. The fraction of sp³-hybridized carbons (Fsp3) is 0.158. The SMILES string of the molecule is Cc1ccc2c(CN3C(=O)c4ccccc4S3(=O)=O)cc(=O)oc2c1C. The number of benzene rings is 2. The van der Waals surface area contributed by atoms with Gasteiger partial charge in [0.25, 0.3) is 15.9 Å². The van der Waals surface area contributed by atoms with Gasteiger partial charge in [-0.3, -0.25) is 4.79 Å². The van der Waals surface area contributed by atoms with Crippen LogP contribution >= 0.6 is 0 Å². The van der Waals surface area contributed by atoms with Gasteiger partial charge in [0.2, 0.25) is 0 Å². The molecule has 0 atom stereocenters. The molecule has 2 aromatic carbocycles. The van der Waals surface area contributed by atoms with E-state index >= 15 is 0 Å². The average molecular weight is 369 g/mol. The zero-order chi connectivity index (χ0) is 18.6. The summed E-state index contributed by atoms with van der Waals surface area (Å²) in [6.45, 7) is 3.50. The number of aryl methyl sites for hydroxylation is 2. The lowest BCUT2D eigenvalue weighted by Crippen LogP contribution is -2.29. The van der Waals surface area contributed by atoms with Gasteiger partial charge >= 0.3 is 5.63 Å². The molecule has 26 heavy (non-hydrogen) atoms. The Balaban J connectivity index is 1.88. The number of carbonyl (C=O) groups excluding carboxylic acids is 1. The second-order valence-electron chi connectivity index (χ2n) is 6.29. The molecule has 1 amide bonds. The maximum absolute atomic E-state index is 12.7. The van der Waals surface area contributed by atoms with Gasteiger partial charge in [0, 0.05) is 11.5 Å². The number of rotatable bonds is 2. The number of nitrogens with zero attached hydrogens (tertiary/aromatic N) is 1. The number of amides is 1. The van der Waals surface area contributed by atoms with E-state index in [4.69, 9.17) is 4.42 Å². The highest BCUT2D eigenvalue weighted by Crippen LogP contribution is 2.32. The Morgan fingerprint density at radius 3 is 2.50 bits per heavy atom. The maximum atomic E-state index is 12.7. The minimum absolute atomic E-state index is 0.00991. The summed E-state index contributed by atoms with van der Waals surface area (Å²) >= 11 is 0. The van der Waals surface area contributed by atoms with E-state index in [1.54, 1.807) is 18.2 Å². The minimum atomic E-state index is -3.94. The van der Waals surface area contributed by atoms with E-state index in [-0.39, 0.29) is 17.0 Å². The first-order valence-corrected chi connectivity index (χ1v) is 9.44. The van der Waals surface area contributed by atoms with Gasteiger partial charge < -0.3 is 4.42 Å². The molecule has 1 aliphatic heterocycles. The Morgan fingerprint density at radius 2 is 1.77 bits per heavy atom. The molecule has 4 rings (SSSR count). The van der Waals surface area contributed by atoms with Crippen molar-refractivity contribution in [2.24, 2.45) is 0 Å².